The molecule has 0 N–H and O–H groups in total. The summed E-state index contributed by atoms with van der Waals surface area (Å²) in [5.41, 5.74) is 1.79. The number of carbonyl (C=O) groups is 1. The van der Waals surface area contributed by atoms with Crippen molar-refractivity contribution in [2.24, 2.45) is 0 Å². The van der Waals surface area contributed by atoms with Crippen LogP contribution >= 0.6 is 0 Å². The number of hydrogen-bond donors (Lipinski definition) is 0. The lowest BCUT2D eigenvalue weighted by Gasteiger charge is -2.32. The fourth-order valence-corrected chi connectivity index (χ4v) is 2.52. The molecule has 0 atom stereocenters. The van der Waals surface area contributed by atoms with Gasteiger partial charge in [-0.3, -0.25) is 0 Å². The number of methoxy groups -OCH3 is 1. The molecule has 0 aliphatic carbocycles. The second kappa shape index (κ2) is 6.05. The molecule has 1 aromatic carbocycles. The van der Waals surface area contributed by atoms with Crippen LogP contribution in [0.15, 0.2) is 18.2 Å². The van der Waals surface area contributed by atoms with Crippen LogP contribution < -0.4 is 5.46 Å². The predicted molar refractivity (Wildman–Crippen MR) is 87.5 cm³/mol. The van der Waals surface area contributed by atoms with Gasteiger partial charge in [0, 0.05) is 0 Å². The Hall–Kier alpha value is -1.33. The zero-order valence-corrected chi connectivity index (χ0v) is 14.4. The molecule has 2 rings (SSSR count). The van der Waals surface area contributed by atoms with Crippen LogP contribution in [-0.2, 0) is 20.5 Å². The van der Waals surface area contributed by atoms with Gasteiger partial charge in [0.25, 0.3) is 0 Å². The van der Waals surface area contributed by atoms with Crippen LogP contribution in [0.2, 0.25) is 0 Å². The Morgan fingerprint density at radius 3 is 2.27 bits per heavy atom. The maximum absolute atomic E-state index is 11.9. The van der Waals surface area contributed by atoms with Crippen molar-refractivity contribution in [1.29, 1.82) is 0 Å². The molecule has 5 heteroatoms. The van der Waals surface area contributed by atoms with Crippen LogP contribution in [0.4, 0.5) is 0 Å². The summed E-state index contributed by atoms with van der Waals surface area (Å²) in [4.78, 5) is 11.9. The molecule has 1 heterocycles. The van der Waals surface area contributed by atoms with E-state index < -0.39 is 7.12 Å². The predicted octanol–water partition coefficient (Wildman–Crippen LogP) is 2.72. The molecule has 1 aliphatic rings. The number of benzene rings is 1. The van der Waals surface area contributed by atoms with Gasteiger partial charge in [0.1, 0.15) is 0 Å². The molecular weight excluding hydrogens is 279 g/mol. The lowest BCUT2D eigenvalue weighted by Crippen LogP contribution is -2.41. The number of aryl methyl sites for hydroxylation is 1. The van der Waals surface area contributed by atoms with Gasteiger partial charge in [-0.2, -0.15) is 0 Å². The molecule has 120 valence electrons. The van der Waals surface area contributed by atoms with E-state index in [0.29, 0.717) is 5.56 Å². The van der Waals surface area contributed by atoms with E-state index in [1.54, 1.807) is 6.07 Å². The van der Waals surface area contributed by atoms with Gasteiger partial charge in [-0.15, -0.1) is 0 Å². The Labute approximate surface area is 133 Å². The molecule has 0 amide bonds. The van der Waals surface area contributed by atoms with Crippen molar-refractivity contribution < 1.29 is 18.8 Å². The molecule has 0 bridgehead atoms. The lowest BCUT2D eigenvalue weighted by molar-refractivity contribution is 0.00578. The number of rotatable bonds is 4. The standard InChI is InChI=1S/C17H25BO4/c1-7-8-12-11-13(9-10-14(12)15(19)20-6)18-21-16(2,3)17(4,5)22-18/h9-11H,7-8H2,1-6H3. The van der Waals surface area contributed by atoms with Gasteiger partial charge in [0.05, 0.1) is 23.9 Å². The van der Waals surface area contributed by atoms with E-state index in [1.165, 1.54) is 7.11 Å². The van der Waals surface area contributed by atoms with Crippen LogP contribution in [-0.4, -0.2) is 31.4 Å². The highest BCUT2D eigenvalue weighted by atomic mass is 16.7. The number of esters is 1. The van der Waals surface area contributed by atoms with Gasteiger partial charge >= 0.3 is 13.1 Å². The summed E-state index contributed by atoms with van der Waals surface area (Å²) in [6, 6.07) is 5.68. The third-order valence-corrected chi connectivity index (χ3v) is 4.58. The topological polar surface area (TPSA) is 44.8 Å². The maximum atomic E-state index is 11.9. The van der Waals surface area contributed by atoms with Gasteiger partial charge in [0.2, 0.25) is 0 Å². The highest BCUT2D eigenvalue weighted by Gasteiger charge is 2.51. The van der Waals surface area contributed by atoms with Crippen molar-refractivity contribution in [1.82, 2.24) is 0 Å². The van der Waals surface area contributed by atoms with E-state index in [-0.39, 0.29) is 17.2 Å². The summed E-state index contributed by atoms with van der Waals surface area (Å²) >= 11 is 0. The first-order valence-electron chi connectivity index (χ1n) is 7.78. The first-order valence-corrected chi connectivity index (χ1v) is 7.78. The Balaban J connectivity index is 2.34. The van der Waals surface area contributed by atoms with E-state index >= 15 is 0 Å². The average molecular weight is 304 g/mol. The van der Waals surface area contributed by atoms with Crippen molar-refractivity contribution in [3.63, 3.8) is 0 Å². The van der Waals surface area contributed by atoms with Crippen LogP contribution in [0.3, 0.4) is 0 Å². The highest BCUT2D eigenvalue weighted by Crippen LogP contribution is 2.36. The minimum absolute atomic E-state index is 0.302. The zero-order valence-electron chi connectivity index (χ0n) is 14.4. The molecule has 0 spiro atoms. The highest BCUT2D eigenvalue weighted by molar-refractivity contribution is 6.62. The molecule has 1 fully saturated rings. The van der Waals surface area contributed by atoms with Crippen LogP contribution in [0.25, 0.3) is 0 Å². The molecule has 0 radical (unpaired) electrons. The smallest absolute Gasteiger partial charge is 0.465 e. The lowest BCUT2D eigenvalue weighted by atomic mass is 9.77. The molecule has 1 saturated heterocycles. The molecule has 4 nitrogen and oxygen atoms in total. The number of ether oxygens (including phenoxy) is 1. The molecule has 1 aliphatic heterocycles. The summed E-state index contributed by atoms with van der Waals surface area (Å²) in [6.07, 6.45) is 1.77. The average Bonchev–Trinajstić information content (AvgIpc) is 2.67. The van der Waals surface area contributed by atoms with E-state index in [1.807, 2.05) is 39.8 Å². The van der Waals surface area contributed by atoms with Crippen LogP contribution in [0.1, 0.15) is 57.0 Å². The molecular formula is C17H25BO4. The third-order valence-electron chi connectivity index (χ3n) is 4.58. The van der Waals surface area contributed by atoms with Gasteiger partial charge in [0.15, 0.2) is 0 Å². The zero-order chi connectivity index (χ0) is 16.5. The van der Waals surface area contributed by atoms with E-state index in [4.69, 9.17) is 14.0 Å². The van der Waals surface area contributed by atoms with Gasteiger partial charge in [-0.05, 0) is 51.2 Å². The molecule has 0 saturated carbocycles. The first-order chi connectivity index (χ1) is 10.2. The van der Waals surface area contributed by atoms with E-state index in [2.05, 4.69) is 6.92 Å². The number of hydrogen-bond acceptors (Lipinski definition) is 4. The third kappa shape index (κ3) is 3.06. The Kier molecular flexibility index (Phi) is 4.69. The quantitative estimate of drug-likeness (QED) is 0.634. The van der Waals surface area contributed by atoms with Crippen molar-refractivity contribution in [3.05, 3.63) is 29.3 Å². The van der Waals surface area contributed by atoms with Crippen molar-refractivity contribution in [3.8, 4) is 0 Å². The molecule has 0 unspecified atom stereocenters. The maximum Gasteiger partial charge on any atom is 0.494 e. The minimum Gasteiger partial charge on any atom is -0.465 e. The largest absolute Gasteiger partial charge is 0.494 e. The monoisotopic (exact) mass is 304 g/mol. The van der Waals surface area contributed by atoms with Crippen molar-refractivity contribution >= 4 is 18.6 Å². The van der Waals surface area contributed by atoms with Crippen molar-refractivity contribution in [2.45, 2.75) is 58.7 Å². The normalized spacial score (nSPS) is 19.3. The van der Waals surface area contributed by atoms with Crippen molar-refractivity contribution in [2.75, 3.05) is 7.11 Å². The summed E-state index contributed by atoms with van der Waals surface area (Å²) in [7, 11) is 0.993. The summed E-state index contributed by atoms with van der Waals surface area (Å²) < 4.78 is 17.0. The summed E-state index contributed by atoms with van der Waals surface area (Å²) in [5.74, 6) is -0.302. The number of carbonyl (C=O) groups excluding carboxylic acids is 1. The van der Waals surface area contributed by atoms with Gasteiger partial charge < -0.3 is 14.0 Å². The molecule has 1 aromatic rings. The van der Waals surface area contributed by atoms with Crippen LogP contribution in [0, 0.1) is 0 Å². The van der Waals surface area contributed by atoms with E-state index in [0.717, 1.165) is 23.9 Å². The minimum atomic E-state index is -0.410. The summed E-state index contributed by atoms with van der Waals surface area (Å²) in [6.45, 7) is 10.2. The Morgan fingerprint density at radius 1 is 1.18 bits per heavy atom. The van der Waals surface area contributed by atoms with E-state index in [9.17, 15) is 4.79 Å². The summed E-state index contributed by atoms with van der Waals surface area (Å²) in [5, 5.41) is 0. The second-order valence-electron chi connectivity index (χ2n) is 6.75. The molecule has 0 aromatic heterocycles. The van der Waals surface area contributed by atoms with Crippen LogP contribution in [0.5, 0.6) is 0 Å². The fraction of sp³-hybridized carbons (Fsp3) is 0.588. The fourth-order valence-electron chi connectivity index (χ4n) is 2.52. The Morgan fingerprint density at radius 2 is 1.77 bits per heavy atom. The van der Waals surface area contributed by atoms with Gasteiger partial charge in [-0.25, -0.2) is 4.79 Å². The molecule has 22 heavy (non-hydrogen) atoms. The van der Waals surface area contributed by atoms with Gasteiger partial charge in [-0.1, -0.05) is 25.5 Å². The SMILES string of the molecule is CCCc1cc(B2OC(C)(C)C(C)(C)O2)ccc1C(=O)OC. The first kappa shape index (κ1) is 17.0. The second-order valence-corrected chi connectivity index (χ2v) is 6.75. The Bertz CT molecular complexity index is 550.